The van der Waals surface area contributed by atoms with E-state index < -0.39 is 16.2 Å². The minimum atomic E-state index is -1.32. The minimum Gasteiger partial charge on any atom is -0.496 e. The Bertz CT molecular complexity index is 1530. The molecule has 0 bridgehead atoms. The molecule has 4 aromatic carbocycles. The van der Waals surface area contributed by atoms with Crippen molar-refractivity contribution in [2.75, 3.05) is 42.9 Å². The molecule has 5 nitrogen and oxygen atoms in total. The Labute approximate surface area is 246 Å². The molecule has 0 aromatic heterocycles. The van der Waals surface area contributed by atoms with Gasteiger partial charge in [0.05, 0.1) is 30.4 Å². The summed E-state index contributed by atoms with van der Waals surface area (Å²) in [5.74, 6) is 1.96. The Hall–Kier alpha value is -3.77. The molecule has 2 aliphatic rings. The van der Waals surface area contributed by atoms with Crippen molar-refractivity contribution in [3.05, 3.63) is 101 Å². The van der Waals surface area contributed by atoms with Crippen LogP contribution in [0.1, 0.15) is 48.9 Å². The number of methoxy groups -OCH3 is 2. The third kappa shape index (κ3) is 4.14. The summed E-state index contributed by atoms with van der Waals surface area (Å²) in [5.41, 5.74) is 8.16. The van der Waals surface area contributed by atoms with Crippen LogP contribution in [0.4, 0.5) is 22.7 Å². The van der Waals surface area contributed by atoms with E-state index in [2.05, 4.69) is 73.0 Å². The van der Waals surface area contributed by atoms with E-state index in [0.29, 0.717) is 5.75 Å². The van der Waals surface area contributed by atoms with Gasteiger partial charge in [0.1, 0.15) is 11.5 Å². The van der Waals surface area contributed by atoms with Crippen LogP contribution in [0.15, 0.2) is 83.8 Å². The third-order valence-electron chi connectivity index (χ3n) is 8.44. The van der Waals surface area contributed by atoms with E-state index in [4.69, 9.17) is 9.47 Å². The van der Waals surface area contributed by atoms with Gasteiger partial charge in [0.15, 0.2) is 0 Å². The van der Waals surface area contributed by atoms with Crippen LogP contribution in [0, 0.1) is 6.92 Å². The Morgan fingerprint density at radius 1 is 0.659 bits per heavy atom. The first-order valence-corrected chi connectivity index (χ1v) is 15.8. The van der Waals surface area contributed by atoms with E-state index in [9.17, 15) is 4.21 Å². The predicted octanol–water partition coefficient (Wildman–Crippen LogP) is 7.88. The molecule has 0 amide bonds. The molecule has 0 spiro atoms. The first-order chi connectivity index (χ1) is 20.0. The number of hydrogen-bond acceptors (Lipinski definition) is 5. The Kier molecular flexibility index (Phi) is 7.28. The highest BCUT2D eigenvalue weighted by molar-refractivity contribution is 7.85. The van der Waals surface area contributed by atoms with Crippen molar-refractivity contribution in [1.82, 2.24) is 0 Å². The quantitative estimate of drug-likeness (QED) is 0.206. The fourth-order valence-corrected chi connectivity index (χ4v) is 8.29. The highest BCUT2D eigenvalue weighted by atomic mass is 32.2. The van der Waals surface area contributed by atoms with Gasteiger partial charge < -0.3 is 19.3 Å². The topological polar surface area (TPSA) is 42.0 Å². The number of anilines is 4. The maximum Gasteiger partial charge on any atom is 0.125 e. The van der Waals surface area contributed by atoms with Crippen LogP contribution < -0.4 is 19.3 Å². The van der Waals surface area contributed by atoms with Crippen molar-refractivity contribution in [3.8, 4) is 11.5 Å². The van der Waals surface area contributed by atoms with Gasteiger partial charge in [-0.05, 0) is 68.3 Å². The van der Waals surface area contributed by atoms with Crippen LogP contribution >= 0.6 is 0 Å². The van der Waals surface area contributed by atoms with Crippen LogP contribution in [0.25, 0.3) is 0 Å². The number of ether oxygens (including phenoxy) is 2. The first kappa shape index (κ1) is 27.4. The first-order valence-electron chi connectivity index (χ1n) is 14.5. The summed E-state index contributed by atoms with van der Waals surface area (Å²) in [4.78, 5) is 5.67. The van der Waals surface area contributed by atoms with E-state index in [1.165, 1.54) is 5.56 Å². The molecule has 6 heteroatoms. The molecule has 41 heavy (non-hydrogen) atoms. The van der Waals surface area contributed by atoms with Crippen LogP contribution in [-0.4, -0.2) is 37.3 Å². The van der Waals surface area contributed by atoms with Crippen molar-refractivity contribution >= 4 is 33.5 Å². The molecule has 0 radical (unpaired) electrons. The molecule has 212 valence electrons. The van der Waals surface area contributed by atoms with Crippen molar-refractivity contribution in [2.24, 2.45) is 0 Å². The number of hydrogen-bond donors (Lipinski definition) is 0. The average Bonchev–Trinajstić information content (AvgIpc) is 3.00. The number of benzene rings is 4. The van der Waals surface area contributed by atoms with E-state index in [0.717, 1.165) is 81.8 Å². The molecule has 0 aliphatic carbocycles. The summed E-state index contributed by atoms with van der Waals surface area (Å²) in [7, 11) is 2.15. The van der Waals surface area contributed by atoms with Gasteiger partial charge in [-0.15, -0.1) is 0 Å². The smallest absolute Gasteiger partial charge is 0.125 e. The van der Waals surface area contributed by atoms with Crippen molar-refractivity contribution in [1.29, 1.82) is 0 Å². The zero-order chi connectivity index (χ0) is 28.7. The second-order valence-electron chi connectivity index (χ2n) is 10.9. The molecule has 0 saturated carbocycles. The molecule has 1 unspecified atom stereocenters. The molecule has 6 rings (SSSR count). The number of nitrogens with zero attached hydrogens (tertiary/aromatic N) is 2. The standard InChI is InChI=1S/C35H38N2O3S/c1-6-21-36-26-11-8-12-27-32(26)35(33-28(36)13-9-15-30(33)39-4,23-41(38)25-19-17-24(3)18-20-25)34-29(37(27)22-7-2)14-10-16-31(34)40-5/h8-20H,6-7,21-23H2,1-5H3. The third-order valence-corrected chi connectivity index (χ3v) is 9.93. The van der Waals surface area contributed by atoms with Crippen molar-refractivity contribution in [3.63, 3.8) is 0 Å². The number of rotatable bonds is 9. The van der Waals surface area contributed by atoms with Crippen LogP contribution in [0.2, 0.25) is 0 Å². The summed E-state index contributed by atoms with van der Waals surface area (Å²) in [6.07, 6.45) is 1.97. The molecule has 2 aliphatic heterocycles. The van der Waals surface area contributed by atoms with Gasteiger partial charge in [0, 0.05) is 63.2 Å². The SMILES string of the molecule is CCCN1c2cccc(OC)c2C2(CS(=O)c3ccc(C)cc3)c3c(OC)cccc3N(CCC)c3cccc1c32. The van der Waals surface area contributed by atoms with Crippen molar-refractivity contribution in [2.45, 2.75) is 43.9 Å². The van der Waals surface area contributed by atoms with Crippen LogP contribution in [-0.2, 0) is 16.2 Å². The maximum atomic E-state index is 14.6. The molecule has 4 aromatic rings. The highest BCUT2D eigenvalue weighted by Gasteiger charge is 2.54. The fraction of sp³-hybridized carbons (Fsp3) is 0.314. The van der Waals surface area contributed by atoms with E-state index in [-0.39, 0.29) is 0 Å². The van der Waals surface area contributed by atoms with Gasteiger partial charge in [-0.2, -0.15) is 0 Å². The molecular formula is C35H38N2O3S. The van der Waals surface area contributed by atoms with Gasteiger partial charge in [-0.25, -0.2) is 0 Å². The van der Waals surface area contributed by atoms with Gasteiger partial charge in [-0.3, -0.25) is 4.21 Å². The predicted molar refractivity (Wildman–Crippen MR) is 169 cm³/mol. The minimum absolute atomic E-state index is 0.362. The van der Waals surface area contributed by atoms with Gasteiger partial charge in [0.25, 0.3) is 0 Å². The summed E-state index contributed by atoms with van der Waals surface area (Å²) < 4.78 is 26.9. The molecule has 0 fully saturated rings. The number of fused-ring (bicyclic) bond motifs is 4. The second kappa shape index (κ2) is 10.9. The second-order valence-corrected chi connectivity index (χ2v) is 12.3. The molecule has 0 saturated heterocycles. The lowest BCUT2D eigenvalue weighted by atomic mass is 9.63. The van der Waals surface area contributed by atoms with Crippen molar-refractivity contribution < 1.29 is 13.7 Å². The molecule has 1 atom stereocenters. The van der Waals surface area contributed by atoms with E-state index in [1.807, 2.05) is 36.4 Å². The van der Waals surface area contributed by atoms with Gasteiger partial charge in [0.2, 0.25) is 0 Å². The Morgan fingerprint density at radius 3 is 1.54 bits per heavy atom. The maximum absolute atomic E-state index is 14.6. The molecule has 0 N–H and O–H groups in total. The van der Waals surface area contributed by atoms with Crippen LogP contribution in [0.3, 0.4) is 0 Å². The zero-order valence-corrected chi connectivity index (χ0v) is 25.4. The molecular weight excluding hydrogens is 528 g/mol. The van der Waals surface area contributed by atoms with E-state index >= 15 is 0 Å². The Balaban J connectivity index is 1.77. The average molecular weight is 567 g/mol. The Morgan fingerprint density at radius 2 is 1.10 bits per heavy atom. The summed E-state index contributed by atoms with van der Waals surface area (Å²) >= 11 is 0. The van der Waals surface area contributed by atoms with E-state index in [1.54, 1.807) is 14.2 Å². The highest BCUT2D eigenvalue weighted by Crippen LogP contribution is 2.64. The summed E-state index contributed by atoms with van der Waals surface area (Å²) in [5, 5.41) is 0. The number of aryl methyl sites for hydroxylation is 1. The lowest BCUT2D eigenvalue weighted by Gasteiger charge is -2.52. The monoisotopic (exact) mass is 566 g/mol. The lowest BCUT2D eigenvalue weighted by molar-refractivity contribution is 0.391. The normalized spacial score (nSPS) is 15.0. The lowest BCUT2D eigenvalue weighted by Crippen LogP contribution is -2.47. The van der Waals surface area contributed by atoms with Gasteiger partial charge in [-0.1, -0.05) is 49.7 Å². The summed E-state index contributed by atoms with van der Waals surface area (Å²) in [6.45, 7) is 8.21. The molecule has 2 heterocycles. The summed E-state index contributed by atoms with van der Waals surface area (Å²) in [6, 6.07) is 27.3. The zero-order valence-electron chi connectivity index (χ0n) is 24.6. The van der Waals surface area contributed by atoms with Crippen LogP contribution in [0.5, 0.6) is 11.5 Å². The largest absolute Gasteiger partial charge is 0.496 e. The van der Waals surface area contributed by atoms with Gasteiger partial charge >= 0.3 is 0 Å². The fourth-order valence-electron chi connectivity index (χ4n) is 6.85.